The topological polar surface area (TPSA) is 16.4 Å². The van der Waals surface area contributed by atoms with Gasteiger partial charge >= 0.3 is 0 Å². The molecule has 2 heteroatoms. The van der Waals surface area contributed by atoms with Crippen molar-refractivity contribution in [2.75, 3.05) is 4.90 Å². The first-order valence-corrected chi connectivity index (χ1v) is 23.3. The molecule has 2 nitrogen and oxygen atoms in total. The Kier molecular flexibility index (Phi) is 9.54. The summed E-state index contributed by atoms with van der Waals surface area (Å²) in [5.74, 6) is 0. The summed E-state index contributed by atoms with van der Waals surface area (Å²) in [4.78, 5) is 2.40. The zero-order valence-corrected chi connectivity index (χ0v) is 37.2. The Hall–Kier alpha value is -8.98. The first-order chi connectivity index (χ1) is 33.7. The van der Waals surface area contributed by atoms with Crippen LogP contribution in [-0.4, -0.2) is 0 Å². The highest BCUT2D eigenvalue weighted by Crippen LogP contribution is 2.47. The molecule has 0 amide bonds. The fourth-order valence-corrected chi connectivity index (χ4v) is 10.4. The van der Waals surface area contributed by atoms with Crippen molar-refractivity contribution in [3.8, 4) is 55.6 Å². The van der Waals surface area contributed by atoms with Gasteiger partial charge in [-0.1, -0.05) is 206 Å². The van der Waals surface area contributed by atoms with Crippen molar-refractivity contribution < 1.29 is 4.42 Å². The summed E-state index contributed by atoms with van der Waals surface area (Å²) in [6.07, 6.45) is 0. The molecule has 0 radical (unpaired) electrons. The smallest absolute Gasteiger partial charge is 0.135 e. The number of hydrogen-bond acceptors (Lipinski definition) is 2. The van der Waals surface area contributed by atoms with Gasteiger partial charge in [-0.3, -0.25) is 0 Å². The molecule has 0 aliphatic rings. The van der Waals surface area contributed by atoms with Gasteiger partial charge in [0.15, 0.2) is 0 Å². The largest absolute Gasteiger partial charge is 0.456 e. The summed E-state index contributed by atoms with van der Waals surface area (Å²) in [6, 6.07) is 94.6. The third-order valence-electron chi connectivity index (χ3n) is 13.6. The molecule has 1 heterocycles. The molecule has 0 spiro atoms. The number of benzene rings is 12. The maximum atomic E-state index is 6.23. The van der Waals surface area contributed by atoms with Crippen LogP contribution in [0.3, 0.4) is 0 Å². The number of para-hydroxylation sites is 1. The number of nitrogens with zero attached hydrogens (tertiary/aromatic N) is 1. The van der Waals surface area contributed by atoms with Crippen LogP contribution < -0.4 is 4.90 Å². The van der Waals surface area contributed by atoms with E-state index in [2.05, 4.69) is 254 Å². The number of furan rings is 1. The van der Waals surface area contributed by atoms with E-state index in [1.54, 1.807) is 0 Å². The van der Waals surface area contributed by atoms with Crippen molar-refractivity contribution in [3.05, 3.63) is 261 Å². The Morgan fingerprint density at radius 3 is 1.43 bits per heavy atom. The fraction of sp³-hybridized carbons (Fsp3) is 0. The van der Waals surface area contributed by atoms with Crippen LogP contribution in [0.15, 0.2) is 265 Å². The molecule has 0 atom stereocenters. The van der Waals surface area contributed by atoms with Crippen molar-refractivity contribution in [2.24, 2.45) is 0 Å². The van der Waals surface area contributed by atoms with Crippen molar-refractivity contribution in [1.82, 2.24) is 0 Å². The summed E-state index contributed by atoms with van der Waals surface area (Å²) < 4.78 is 6.23. The van der Waals surface area contributed by atoms with Gasteiger partial charge < -0.3 is 9.32 Å². The van der Waals surface area contributed by atoms with Gasteiger partial charge in [-0.25, -0.2) is 0 Å². The lowest BCUT2D eigenvalue weighted by Crippen LogP contribution is -2.10. The highest BCUT2D eigenvalue weighted by Gasteiger charge is 2.20. The third-order valence-corrected chi connectivity index (χ3v) is 13.6. The molecule has 0 bridgehead atoms. The predicted molar refractivity (Wildman–Crippen MR) is 288 cm³/mol. The zero-order valence-electron chi connectivity index (χ0n) is 37.2. The standard InChI is InChI=1S/C66H43NO/c1-2-16-48(17-3-1)65-60-27-8-6-24-57(60)58-25-7-9-28-61(58)66(65)51-20-13-22-54(42-51)67(53-21-12-19-49(41-53)50-37-40-64-62(43-50)59-26-10-11-30-63(59)68-64)52-38-35-45(36-39-52)44-31-33-47(34-32-44)56-29-14-18-46-15-4-5-23-55(46)56/h1-43H. The SMILES string of the molecule is c1ccc(-c2c(-c3cccc(N(c4ccc(-c5ccc(-c6cccc7ccccc67)cc5)cc4)c4cccc(-c5ccc6oc7ccccc7c6c5)c4)c3)c3ccccc3c3ccccc23)cc1. The van der Waals surface area contributed by atoms with E-state index in [4.69, 9.17) is 4.42 Å². The monoisotopic (exact) mass is 865 g/mol. The number of anilines is 3. The second-order valence-corrected chi connectivity index (χ2v) is 17.6. The normalized spacial score (nSPS) is 11.5. The van der Waals surface area contributed by atoms with E-state index in [1.165, 1.54) is 65.7 Å². The molecular weight excluding hydrogens is 823 g/mol. The molecule has 13 aromatic rings. The lowest BCUT2D eigenvalue weighted by molar-refractivity contribution is 0.669. The zero-order chi connectivity index (χ0) is 45.0. The Morgan fingerprint density at radius 2 is 0.706 bits per heavy atom. The minimum Gasteiger partial charge on any atom is -0.456 e. The van der Waals surface area contributed by atoms with Crippen LogP contribution in [-0.2, 0) is 0 Å². The van der Waals surface area contributed by atoms with Gasteiger partial charge in [0.05, 0.1) is 0 Å². The minimum atomic E-state index is 0.893. The van der Waals surface area contributed by atoms with Gasteiger partial charge in [0.1, 0.15) is 11.2 Å². The van der Waals surface area contributed by atoms with Crippen LogP contribution in [0.25, 0.3) is 110 Å². The average Bonchev–Trinajstić information content (AvgIpc) is 3.79. The first kappa shape index (κ1) is 39.4. The summed E-state index contributed by atoms with van der Waals surface area (Å²) in [6.45, 7) is 0. The second-order valence-electron chi connectivity index (χ2n) is 17.6. The van der Waals surface area contributed by atoms with E-state index in [-0.39, 0.29) is 0 Å². The highest BCUT2D eigenvalue weighted by molar-refractivity contribution is 6.21. The van der Waals surface area contributed by atoms with E-state index in [0.29, 0.717) is 0 Å². The maximum absolute atomic E-state index is 6.23. The van der Waals surface area contributed by atoms with E-state index in [9.17, 15) is 0 Å². The molecule has 0 aliphatic heterocycles. The molecule has 12 aromatic carbocycles. The molecule has 0 fully saturated rings. The Morgan fingerprint density at radius 1 is 0.235 bits per heavy atom. The second kappa shape index (κ2) is 16.5. The van der Waals surface area contributed by atoms with E-state index in [0.717, 1.165) is 61.3 Å². The van der Waals surface area contributed by atoms with Crippen LogP contribution in [0, 0.1) is 0 Å². The lowest BCUT2D eigenvalue weighted by Gasteiger charge is -2.27. The van der Waals surface area contributed by atoms with E-state index >= 15 is 0 Å². The van der Waals surface area contributed by atoms with E-state index in [1.807, 2.05) is 12.1 Å². The summed E-state index contributed by atoms with van der Waals surface area (Å²) in [5, 5.41) is 9.73. The molecule has 0 unspecified atom stereocenters. The molecule has 0 N–H and O–H groups in total. The Labute approximate surface area is 395 Å². The van der Waals surface area contributed by atoms with E-state index < -0.39 is 0 Å². The minimum absolute atomic E-state index is 0.893. The molecule has 0 aliphatic carbocycles. The number of fused-ring (bicyclic) bond motifs is 7. The molecule has 13 rings (SSSR count). The summed E-state index contributed by atoms with van der Waals surface area (Å²) in [7, 11) is 0. The lowest BCUT2D eigenvalue weighted by atomic mass is 9.85. The van der Waals surface area contributed by atoms with Gasteiger partial charge in [0.2, 0.25) is 0 Å². The maximum Gasteiger partial charge on any atom is 0.135 e. The molecule has 0 saturated heterocycles. The van der Waals surface area contributed by atoms with Gasteiger partial charge in [-0.05, 0) is 143 Å². The quantitative estimate of drug-likeness (QED) is 0.142. The molecule has 68 heavy (non-hydrogen) atoms. The Bertz CT molecular complexity index is 4010. The van der Waals surface area contributed by atoms with Crippen molar-refractivity contribution in [3.63, 3.8) is 0 Å². The summed E-state index contributed by atoms with van der Waals surface area (Å²) in [5.41, 5.74) is 16.9. The molecular formula is C66H43NO. The van der Waals surface area contributed by atoms with Gasteiger partial charge in [0.25, 0.3) is 0 Å². The third kappa shape index (κ3) is 6.82. The number of hydrogen-bond donors (Lipinski definition) is 0. The molecule has 318 valence electrons. The van der Waals surface area contributed by atoms with Crippen LogP contribution in [0.5, 0.6) is 0 Å². The van der Waals surface area contributed by atoms with Crippen LogP contribution >= 0.6 is 0 Å². The molecule has 0 saturated carbocycles. The Balaban J connectivity index is 0.955. The van der Waals surface area contributed by atoms with Crippen molar-refractivity contribution >= 4 is 71.3 Å². The average molecular weight is 866 g/mol. The summed E-state index contributed by atoms with van der Waals surface area (Å²) >= 11 is 0. The van der Waals surface area contributed by atoms with Gasteiger partial charge in [-0.2, -0.15) is 0 Å². The first-order valence-electron chi connectivity index (χ1n) is 23.3. The molecule has 1 aromatic heterocycles. The van der Waals surface area contributed by atoms with Gasteiger partial charge in [-0.15, -0.1) is 0 Å². The van der Waals surface area contributed by atoms with Crippen molar-refractivity contribution in [1.29, 1.82) is 0 Å². The van der Waals surface area contributed by atoms with Crippen LogP contribution in [0.1, 0.15) is 0 Å². The highest BCUT2D eigenvalue weighted by atomic mass is 16.3. The van der Waals surface area contributed by atoms with Crippen LogP contribution in [0.4, 0.5) is 17.1 Å². The fourth-order valence-electron chi connectivity index (χ4n) is 10.4. The number of rotatable bonds is 8. The van der Waals surface area contributed by atoms with Gasteiger partial charge in [0, 0.05) is 27.8 Å². The van der Waals surface area contributed by atoms with Crippen molar-refractivity contribution in [2.45, 2.75) is 0 Å². The predicted octanol–water partition coefficient (Wildman–Crippen LogP) is 18.9. The van der Waals surface area contributed by atoms with Crippen LogP contribution in [0.2, 0.25) is 0 Å².